The Labute approximate surface area is 218 Å². The summed E-state index contributed by atoms with van der Waals surface area (Å²) in [6.45, 7) is 4.92. The molecule has 10 heteroatoms. The van der Waals surface area contributed by atoms with Gasteiger partial charge in [-0.15, -0.1) is 0 Å². The molecule has 36 heavy (non-hydrogen) atoms. The average Bonchev–Trinajstić information content (AvgIpc) is 3.13. The maximum Gasteiger partial charge on any atom is 0.295 e. The summed E-state index contributed by atoms with van der Waals surface area (Å²) in [4.78, 5) is 30.2. The second-order valence-corrected chi connectivity index (χ2v) is 9.67. The Morgan fingerprint density at radius 1 is 0.944 bits per heavy atom. The highest BCUT2D eigenvalue weighted by molar-refractivity contribution is 6.47. The first-order valence-electron chi connectivity index (χ1n) is 11.9. The standard InChI is InChI=1S/C26H26Cl2N2O6/c27-17-3-4-18(19(28)15-17)23-22(24(31)16-2-5-20-21(14-16)36-13-12-35-20)25(32)26(33)30(23)7-1-6-29-8-10-34-11-9-29/h2-5,14-15,23,31H,1,6-13H2. The first-order chi connectivity index (χ1) is 17.4. The third-order valence-electron chi connectivity index (χ3n) is 6.59. The van der Waals surface area contributed by atoms with Crippen molar-refractivity contribution in [2.75, 3.05) is 52.6 Å². The maximum absolute atomic E-state index is 13.3. The molecule has 1 amide bonds. The number of halogens is 2. The lowest BCUT2D eigenvalue weighted by atomic mass is 9.95. The van der Waals surface area contributed by atoms with Crippen molar-refractivity contribution in [2.45, 2.75) is 12.5 Å². The van der Waals surface area contributed by atoms with Crippen LogP contribution in [0.2, 0.25) is 10.0 Å². The molecule has 3 aliphatic rings. The van der Waals surface area contributed by atoms with Gasteiger partial charge in [-0.2, -0.15) is 0 Å². The predicted octanol–water partition coefficient (Wildman–Crippen LogP) is 3.91. The van der Waals surface area contributed by atoms with E-state index in [0.29, 0.717) is 72.1 Å². The molecule has 0 radical (unpaired) electrons. The zero-order valence-corrected chi connectivity index (χ0v) is 21.1. The molecule has 2 saturated heterocycles. The lowest BCUT2D eigenvalue weighted by Crippen LogP contribution is -2.39. The van der Waals surface area contributed by atoms with Gasteiger partial charge in [0.25, 0.3) is 11.7 Å². The number of nitrogens with zero attached hydrogens (tertiary/aromatic N) is 2. The van der Waals surface area contributed by atoms with Gasteiger partial charge in [0, 0.05) is 41.8 Å². The quantitative estimate of drug-likeness (QED) is 0.342. The number of hydrogen-bond acceptors (Lipinski definition) is 7. The highest BCUT2D eigenvalue weighted by atomic mass is 35.5. The van der Waals surface area contributed by atoms with Gasteiger partial charge in [0.15, 0.2) is 11.5 Å². The van der Waals surface area contributed by atoms with Crippen LogP contribution in [0.25, 0.3) is 5.76 Å². The smallest absolute Gasteiger partial charge is 0.295 e. The number of ketones is 1. The van der Waals surface area contributed by atoms with Gasteiger partial charge >= 0.3 is 0 Å². The van der Waals surface area contributed by atoms with Crippen LogP contribution in [0.5, 0.6) is 11.5 Å². The van der Waals surface area contributed by atoms with E-state index in [9.17, 15) is 14.7 Å². The molecule has 5 rings (SSSR count). The van der Waals surface area contributed by atoms with E-state index in [4.69, 9.17) is 37.4 Å². The topological polar surface area (TPSA) is 88.5 Å². The van der Waals surface area contributed by atoms with Crippen LogP contribution in [0.3, 0.4) is 0 Å². The SMILES string of the molecule is O=C1C(=O)N(CCCN2CCOCC2)C(c2ccc(Cl)cc2Cl)C1=C(O)c1ccc2c(c1)OCCO2. The third kappa shape index (κ3) is 4.91. The van der Waals surface area contributed by atoms with Crippen molar-refractivity contribution in [2.24, 2.45) is 0 Å². The van der Waals surface area contributed by atoms with Crippen LogP contribution in [-0.4, -0.2) is 79.2 Å². The van der Waals surface area contributed by atoms with Gasteiger partial charge < -0.3 is 24.2 Å². The lowest BCUT2D eigenvalue weighted by Gasteiger charge is -2.29. The molecule has 8 nitrogen and oxygen atoms in total. The normalized spacial score (nSPS) is 21.7. The second kappa shape index (κ2) is 10.7. The molecule has 2 aromatic rings. The van der Waals surface area contributed by atoms with E-state index < -0.39 is 17.7 Å². The van der Waals surface area contributed by atoms with Crippen molar-refractivity contribution in [1.82, 2.24) is 9.80 Å². The first-order valence-corrected chi connectivity index (χ1v) is 12.6. The van der Waals surface area contributed by atoms with Crippen LogP contribution >= 0.6 is 23.2 Å². The molecule has 2 aromatic carbocycles. The fourth-order valence-electron chi connectivity index (χ4n) is 4.79. The largest absolute Gasteiger partial charge is 0.507 e. The number of rotatable bonds is 6. The molecular weight excluding hydrogens is 507 g/mol. The van der Waals surface area contributed by atoms with Crippen LogP contribution in [-0.2, 0) is 14.3 Å². The van der Waals surface area contributed by atoms with Gasteiger partial charge in [0.2, 0.25) is 0 Å². The molecule has 190 valence electrons. The van der Waals surface area contributed by atoms with Crippen molar-refractivity contribution >= 4 is 40.7 Å². The summed E-state index contributed by atoms with van der Waals surface area (Å²) in [5, 5.41) is 12.1. The number of ether oxygens (including phenoxy) is 3. The lowest BCUT2D eigenvalue weighted by molar-refractivity contribution is -0.140. The Morgan fingerprint density at radius 2 is 1.69 bits per heavy atom. The summed E-state index contributed by atoms with van der Waals surface area (Å²) in [7, 11) is 0. The number of Topliss-reactive ketones (excluding diaryl/α,β-unsaturated/α-hetero) is 1. The van der Waals surface area contributed by atoms with E-state index in [1.54, 1.807) is 36.4 Å². The van der Waals surface area contributed by atoms with Crippen molar-refractivity contribution < 1.29 is 28.9 Å². The van der Waals surface area contributed by atoms with Crippen LogP contribution in [0.1, 0.15) is 23.6 Å². The first kappa shape index (κ1) is 24.9. The van der Waals surface area contributed by atoms with E-state index in [1.165, 1.54) is 4.90 Å². The van der Waals surface area contributed by atoms with Gasteiger partial charge in [0.1, 0.15) is 19.0 Å². The monoisotopic (exact) mass is 532 g/mol. The number of morpholine rings is 1. The summed E-state index contributed by atoms with van der Waals surface area (Å²) in [5.74, 6) is -0.710. The summed E-state index contributed by atoms with van der Waals surface area (Å²) in [6, 6.07) is 8.97. The zero-order valence-electron chi connectivity index (χ0n) is 19.5. The molecular formula is C26H26Cl2N2O6. The van der Waals surface area contributed by atoms with Crippen LogP contribution in [0.15, 0.2) is 42.0 Å². The molecule has 3 heterocycles. The number of carbonyl (C=O) groups excluding carboxylic acids is 2. The summed E-state index contributed by atoms with van der Waals surface area (Å²) >= 11 is 12.7. The van der Waals surface area contributed by atoms with Gasteiger partial charge in [-0.05, 0) is 42.3 Å². The Kier molecular flexibility index (Phi) is 7.39. The van der Waals surface area contributed by atoms with Gasteiger partial charge in [-0.25, -0.2) is 0 Å². The van der Waals surface area contributed by atoms with Crippen LogP contribution in [0, 0.1) is 0 Å². The molecule has 1 unspecified atom stereocenters. The second-order valence-electron chi connectivity index (χ2n) is 8.82. The number of carbonyl (C=O) groups is 2. The van der Waals surface area contributed by atoms with E-state index in [2.05, 4.69) is 4.90 Å². The molecule has 0 aliphatic carbocycles. The number of benzene rings is 2. The van der Waals surface area contributed by atoms with Crippen LogP contribution < -0.4 is 9.47 Å². The summed E-state index contributed by atoms with van der Waals surface area (Å²) in [6.07, 6.45) is 0.652. The van der Waals surface area contributed by atoms with Crippen molar-refractivity contribution in [3.63, 3.8) is 0 Å². The molecule has 1 atom stereocenters. The van der Waals surface area contributed by atoms with Gasteiger partial charge in [0.05, 0.1) is 24.8 Å². The van der Waals surface area contributed by atoms with Crippen LogP contribution in [0.4, 0.5) is 0 Å². The maximum atomic E-state index is 13.3. The Morgan fingerprint density at radius 3 is 2.44 bits per heavy atom. The summed E-state index contributed by atoms with van der Waals surface area (Å²) < 4.78 is 16.6. The number of aliphatic hydroxyl groups excluding tert-OH is 1. The number of amides is 1. The molecule has 0 bridgehead atoms. The highest BCUT2D eigenvalue weighted by Gasteiger charge is 2.46. The number of fused-ring (bicyclic) bond motifs is 1. The van der Waals surface area contributed by atoms with Crippen molar-refractivity contribution in [3.05, 3.63) is 63.1 Å². The Hall–Kier alpha value is -2.78. The molecule has 2 fully saturated rings. The molecule has 0 saturated carbocycles. The predicted molar refractivity (Wildman–Crippen MR) is 135 cm³/mol. The Balaban J connectivity index is 1.51. The minimum absolute atomic E-state index is 0.0210. The summed E-state index contributed by atoms with van der Waals surface area (Å²) in [5.41, 5.74) is 0.846. The average molecular weight is 533 g/mol. The van der Waals surface area contributed by atoms with Crippen molar-refractivity contribution in [3.8, 4) is 11.5 Å². The van der Waals surface area contributed by atoms with E-state index in [1.807, 2.05) is 0 Å². The molecule has 1 N–H and O–H groups in total. The Bertz CT molecular complexity index is 1210. The minimum Gasteiger partial charge on any atom is -0.507 e. The number of hydrogen-bond donors (Lipinski definition) is 1. The third-order valence-corrected chi connectivity index (χ3v) is 7.15. The minimum atomic E-state index is -0.854. The molecule has 3 aliphatic heterocycles. The molecule has 0 aromatic heterocycles. The van der Waals surface area contributed by atoms with Crippen molar-refractivity contribution in [1.29, 1.82) is 0 Å². The van der Waals surface area contributed by atoms with E-state index >= 15 is 0 Å². The fourth-order valence-corrected chi connectivity index (χ4v) is 5.30. The molecule has 0 spiro atoms. The highest BCUT2D eigenvalue weighted by Crippen LogP contribution is 2.43. The number of likely N-dealkylation sites (tertiary alicyclic amines) is 1. The van der Waals surface area contributed by atoms with E-state index in [0.717, 1.165) is 19.6 Å². The van der Waals surface area contributed by atoms with Gasteiger partial charge in [-0.3, -0.25) is 14.5 Å². The zero-order chi connectivity index (χ0) is 25.2. The van der Waals surface area contributed by atoms with Gasteiger partial charge in [-0.1, -0.05) is 29.3 Å². The number of aliphatic hydroxyl groups is 1. The fraction of sp³-hybridized carbons (Fsp3) is 0.385. The van der Waals surface area contributed by atoms with E-state index in [-0.39, 0.29) is 11.3 Å².